The Hall–Kier alpha value is -3.57. The number of pyridine rings is 1. The zero-order valence-electron chi connectivity index (χ0n) is 26.6. The van der Waals surface area contributed by atoms with Crippen molar-refractivity contribution in [2.75, 3.05) is 65.6 Å². The van der Waals surface area contributed by atoms with Gasteiger partial charge in [0.05, 0.1) is 19.8 Å². The molecule has 1 aromatic carbocycles. The summed E-state index contributed by atoms with van der Waals surface area (Å²) in [7, 11) is 0. The maximum Gasteiger partial charge on any atom is 0.270 e. The number of hydrogen-bond donors (Lipinski definition) is 1. The van der Waals surface area contributed by atoms with Crippen molar-refractivity contribution in [2.45, 2.75) is 45.1 Å². The van der Waals surface area contributed by atoms with E-state index in [9.17, 15) is 18.8 Å². The topological polar surface area (TPSA) is 104 Å². The first-order chi connectivity index (χ1) is 22.4. The van der Waals surface area contributed by atoms with Gasteiger partial charge in [-0.25, -0.2) is 9.37 Å². The van der Waals surface area contributed by atoms with Crippen LogP contribution in [-0.2, 0) is 20.9 Å². The zero-order valence-corrected chi connectivity index (χ0v) is 26.6. The molecule has 0 aliphatic carbocycles. The molecule has 0 radical (unpaired) electrons. The van der Waals surface area contributed by atoms with Crippen molar-refractivity contribution >= 4 is 17.7 Å². The average Bonchev–Trinajstić information content (AvgIpc) is 3.07. The Kier molecular flexibility index (Phi) is 10.8. The number of amides is 3. The number of benzene rings is 1. The number of rotatable bonds is 4. The van der Waals surface area contributed by atoms with Crippen molar-refractivity contribution in [1.29, 1.82) is 0 Å². The quantitative estimate of drug-likeness (QED) is 0.550. The Balaban J connectivity index is 1.18. The monoisotopic (exact) mass is 635 g/mol. The number of carbonyl (C=O) groups excluding carboxylic acids is 3. The molecule has 6 rings (SSSR count). The van der Waals surface area contributed by atoms with Crippen LogP contribution in [0.3, 0.4) is 0 Å². The molecule has 4 bridgehead atoms. The maximum absolute atomic E-state index is 14.5. The van der Waals surface area contributed by atoms with E-state index in [0.717, 1.165) is 25.9 Å². The van der Waals surface area contributed by atoms with Gasteiger partial charge >= 0.3 is 0 Å². The van der Waals surface area contributed by atoms with Crippen LogP contribution in [0.2, 0.25) is 0 Å². The fourth-order valence-electron chi connectivity index (χ4n) is 7.58. The van der Waals surface area contributed by atoms with Crippen LogP contribution in [0.1, 0.15) is 54.6 Å². The van der Waals surface area contributed by atoms with Crippen LogP contribution < -0.4 is 10.1 Å². The number of piperidine rings is 2. The van der Waals surface area contributed by atoms with E-state index in [1.54, 1.807) is 24.3 Å². The Morgan fingerprint density at radius 3 is 2.59 bits per heavy atom. The summed E-state index contributed by atoms with van der Waals surface area (Å²) in [4.78, 5) is 50.7. The SMILES string of the molecule is O=C1NCC[C@H]2CN(Cc3ccccc3F)CC[C@H]2CC(=O)N2CC[C@@H](CC(=O)N3CCOCC3)[C@@H](CCOc3cccc1n3)C2. The largest absolute Gasteiger partial charge is 0.478 e. The highest BCUT2D eigenvalue weighted by molar-refractivity contribution is 5.92. The minimum absolute atomic E-state index is 0.114. The van der Waals surface area contributed by atoms with Crippen LogP contribution in [0.5, 0.6) is 5.88 Å². The molecule has 2 aromatic rings. The summed E-state index contributed by atoms with van der Waals surface area (Å²) in [6.07, 6.45) is 3.92. The Labute approximate surface area is 270 Å². The first-order valence-corrected chi connectivity index (χ1v) is 16.9. The van der Waals surface area contributed by atoms with E-state index in [4.69, 9.17) is 9.47 Å². The van der Waals surface area contributed by atoms with Crippen molar-refractivity contribution < 1.29 is 28.2 Å². The first-order valence-electron chi connectivity index (χ1n) is 16.9. The lowest BCUT2D eigenvalue weighted by Crippen LogP contribution is -2.48. The second-order valence-corrected chi connectivity index (χ2v) is 13.2. The van der Waals surface area contributed by atoms with E-state index < -0.39 is 0 Å². The van der Waals surface area contributed by atoms with E-state index in [1.165, 1.54) is 6.07 Å². The van der Waals surface area contributed by atoms with Gasteiger partial charge in [-0.3, -0.25) is 19.3 Å². The molecule has 4 aliphatic rings. The summed E-state index contributed by atoms with van der Waals surface area (Å²) in [5, 5.41) is 3.02. The van der Waals surface area contributed by atoms with Gasteiger partial charge in [0.1, 0.15) is 11.5 Å². The summed E-state index contributed by atoms with van der Waals surface area (Å²) < 4.78 is 25.9. The predicted octanol–water partition coefficient (Wildman–Crippen LogP) is 3.37. The van der Waals surface area contributed by atoms with Gasteiger partial charge in [0.25, 0.3) is 5.91 Å². The van der Waals surface area contributed by atoms with Crippen LogP contribution in [0.4, 0.5) is 4.39 Å². The van der Waals surface area contributed by atoms with E-state index in [2.05, 4.69) is 15.2 Å². The van der Waals surface area contributed by atoms with E-state index in [1.807, 2.05) is 21.9 Å². The third-order valence-corrected chi connectivity index (χ3v) is 10.3. The van der Waals surface area contributed by atoms with Gasteiger partial charge in [-0.15, -0.1) is 0 Å². The molecule has 10 nitrogen and oxygen atoms in total. The van der Waals surface area contributed by atoms with Crippen LogP contribution in [0, 0.1) is 29.5 Å². The normalized spacial score (nSPS) is 26.8. The first kappa shape index (κ1) is 32.4. The van der Waals surface area contributed by atoms with Gasteiger partial charge in [-0.2, -0.15) is 0 Å². The van der Waals surface area contributed by atoms with Crippen LogP contribution in [0.15, 0.2) is 42.5 Å². The molecule has 11 heteroatoms. The fraction of sp³-hybridized carbons (Fsp3) is 0.600. The van der Waals surface area contributed by atoms with Crippen LogP contribution in [-0.4, -0.2) is 103 Å². The molecule has 3 saturated heterocycles. The smallest absolute Gasteiger partial charge is 0.270 e. The molecule has 1 aromatic heterocycles. The van der Waals surface area contributed by atoms with E-state index in [0.29, 0.717) is 102 Å². The zero-order chi connectivity index (χ0) is 31.9. The molecule has 3 fully saturated rings. The van der Waals surface area contributed by atoms with E-state index in [-0.39, 0.29) is 47.2 Å². The van der Waals surface area contributed by atoms with Gasteiger partial charge in [0, 0.05) is 70.3 Å². The Bertz CT molecular complexity index is 1370. The Morgan fingerprint density at radius 2 is 1.74 bits per heavy atom. The van der Waals surface area contributed by atoms with Crippen molar-refractivity contribution in [3.8, 4) is 5.88 Å². The maximum atomic E-state index is 14.5. The molecular formula is C35H46FN5O5. The summed E-state index contributed by atoms with van der Waals surface area (Å²) >= 11 is 0. The van der Waals surface area contributed by atoms with Crippen molar-refractivity contribution in [2.24, 2.45) is 23.7 Å². The third kappa shape index (κ3) is 8.22. The molecule has 4 aliphatic heterocycles. The van der Waals surface area contributed by atoms with Gasteiger partial charge in [0.2, 0.25) is 17.7 Å². The number of carbonyl (C=O) groups is 3. The predicted molar refractivity (Wildman–Crippen MR) is 169 cm³/mol. The van der Waals surface area contributed by atoms with Crippen molar-refractivity contribution in [3.05, 3.63) is 59.5 Å². The molecule has 248 valence electrons. The number of hydrogen-bond acceptors (Lipinski definition) is 7. The van der Waals surface area contributed by atoms with Gasteiger partial charge < -0.3 is 24.6 Å². The van der Waals surface area contributed by atoms with E-state index >= 15 is 0 Å². The summed E-state index contributed by atoms with van der Waals surface area (Å²) in [6.45, 7) is 6.53. The minimum Gasteiger partial charge on any atom is -0.478 e. The van der Waals surface area contributed by atoms with Crippen LogP contribution >= 0.6 is 0 Å². The number of nitrogens with one attached hydrogen (secondary N) is 1. The molecule has 46 heavy (non-hydrogen) atoms. The standard InChI is InChI=1S/C35H46FN5O5/c36-30-5-2-1-4-29(30)23-39-13-9-25-21-34(43)41-14-10-26(20-33(42)40-15-18-45-19-16-40)28(24-41)11-17-46-32-7-3-6-31(38-32)35(44)37-12-8-27(25)22-39/h1-7,25-28H,8-24H2,(H,37,44)/t25-,26-,27-,28-/m0/s1. The molecule has 0 saturated carbocycles. The summed E-state index contributed by atoms with van der Waals surface area (Å²) in [5.41, 5.74) is 0.972. The lowest BCUT2D eigenvalue weighted by Gasteiger charge is -2.42. The number of nitrogens with zero attached hydrogens (tertiary/aromatic N) is 4. The van der Waals surface area contributed by atoms with Gasteiger partial charge in [-0.05, 0) is 68.0 Å². The summed E-state index contributed by atoms with van der Waals surface area (Å²) in [6, 6.07) is 12.1. The number of aromatic nitrogens is 1. The number of ether oxygens (including phenoxy) is 2. The van der Waals surface area contributed by atoms with Crippen LogP contribution in [0.25, 0.3) is 0 Å². The summed E-state index contributed by atoms with van der Waals surface area (Å²) in [5.74, 6) is 0.842. The highest BCUT2D eigenvalue weighted by Gasteiger charge is 2.37. The average molecular weight is 636 g/mol. The number of likely N-dealkylation sites (tertiary alicyclic amines) is 1. The molecule has 3 amide bonds. The minimum atomic E-state index is -0.259. The molecule has 0 unspecified atom stereocenters. The Morgan fingerprint density at radius 1 is 0.891 bits per heavy atom. The fourth-order valence-corrected chi connectivity index (χ4v) is 7.58. The second-order valence-electron chi connectivity index (χ2n) is 13.2. The number of fused-ring (bicyclic) bond motifs is 5. The lowest BCUT2D eigenvalue weighted by atomic mass is 9.79. The molecule has 4 atom stereocenters. The molecule has 0 spiro atoms. The third-order valence-electron chi connectivity index (χ3n) is 10.3. The van der Waals surface area contributed by atoms with Gasteiger partial charge in [0.15, 0.2) is 0 Å². The highest BCUT2D eigenvalue weighted by atomic mass is 19.1. The molecular weight excluding hydrogens is 589 g/mol. The molecule has 5 heterocycles. The highest BCUT2D eigenvalue weighted by Crippen LogP contribution is 2.34. The van der Waals surface area contributed by atoms with Crippen molar-refractivity contribution in [1.82, 2.24) is 25.0 Å². The van der Waals surface area contributed by atoms with Crippen molar-refractivity contribution in [3.63, 3.8) is 0 Å². The number of halogens is 1. The molecule has 1 N–H and O–H groups in total. The number of morpholine rings is 1. The van der Waals surface area contributed by atoms with Gasteiger partial charge in [-0.1, -0.05) is 24.3 Å². The lowest BCUT2D eigenvalue weighted by molar-refractivity contribution is -0.139. The second kappa shape index (κ2) is 15.3.